The fraction of sp³-hybridized carbons (Fsp3) is 0.647. The van der Waals surface area contributed by atoms with Crippen molar-refractivity contribution in [1.29, 1.82) is 0 Å². The molecule has 0 radical (unpaired) electrons. The maximum atomic E-state index is 3.86. The van der Waals surface area contributed by atoms with Crippen LogP contribution in [0.25, 0.3) is 0 Å². The van der Waals surface area contributed by atoms with Crippen molar-refractivity contribution in [1.82, 2.24) is 5.32 Å². The summed E-state index contributed by atoms with van der Waals surface area (Å²) in [5.41, 5.74) is 4.61. The van der Waals surface area contributed by atoms with Gasteiger partial charge in [-0.15, -0.1) is 0 Å². The Morgan fingerprint density at radius 3 is 2.68 bits per heavy atom. The summed E-state index contributed by atoms with van der Waals surface area (Å²) in [7, 11) is 0. The number of rotatable bonds is 3. The SMILES string of the molecule is Cc1ccc(C(C)NC2CSCCC2(C)C)c(C)c1. The van der Waals surface area contributed by atoms with Crippen LogP contribution in [0.3, 0.4) is 0 Å². The molecule has 1 aromatic rings. The van der Waals surface area contributed by atoms with E-state index in [0.717, 1.165) is 0 Å². The summed E-state index contributed by atoms with van der Waals surface area (Å²) < 4.78 is 0. The Morgan fingerprint density at radius 1 is 1.32 bits per heavy atom. The van der Waals surface area contributed by atoms with Crippen LogP contribution in [0, 0.1) is 19.3 Å². The summed E-state index contributed by atoms with van der Waals surface area (Å²) in [6.07, 6.45) is 1.31. The van der Waals surface area contributed by atoms with Gasteiger partial charge in [-0.3, -0.25) is 0 Å². The first-order chi connectivity index (χ1) is 8.90. The molecule has 1 N–H and O–H groups in total. The molecular formula is C17H27NS. The van der Waals surface area contributed by atoms with Crippen LogP contribution in [-0.2, 0) is 0 Å². The average molecular weight is 277 g/mol. The first-order valence-electron chi connectivity index (χ1n) is 7.31. The minimum absolute atomic E-state index is 0.415. The van der Waals surface area contributed by atoms with Gasteiger partial charge in [-0.25, -0.2) is 0 Å². The normalized spacial score (nSPS) is 24.2. The Kier molecular flexibility index (Phi) is 4.62. The smallest absolute Gasteiger partial charge is 0.0297 e. The molecular weight excluding hydrogens is 250 g/mol. The Bertz CT molecular complexity index is 439. The predicted molar refractivity (Wildman–Crippen MR) is 87.0 cm³/mol. The van der Waals surface area contributed by atoms with Crippen molar-refractivity contribution in [2.45, 2.75) is 53.1 Å². The van der Waals surface area contributed by atoms with Crippen molar-refractivity contribution in [3.05, 3.63) is 34.9 Å². The van der Waals surface area contributed by atoms with Gasteiger partial charge in [0.15, 0.2) is 0 Å². The van der Waals surface area contributed by atoms with Crippen molar-refractivity contribution in [2.75, 3.05) is 11.5 Å². The van der Waals surface area contributed by atoms with E-state index in [4.69, 9.17) is 0 Å². The van der Waals surface area contributed by atoms with Gasteiger partial charge in [0.05, 0.1) is 0 Å². The molecule has 0 bridgehead atoms. The summed E-state index contributed by atoms with van der Waals surface area (Å²) in [5.74, 6) is 2.55. The molecule has 1 aromatic carbocycles. The van der Waals surface area contributed by atoms with Crippen LogP contribution in [-0.4, -0.2) is 17.5 Å². The fourth-order valence-corrected chi connectivity index (χ4v) is 4.53. The number of benzene rings is 1. The van der Waals surface area contributed by atoms with Crippen LogP contribution in [0.5, 0.6) is 0 Å². The van der Waals surface area contributed by atoms with Gasteiger partial charge >= 0.3 is 0 Å². The first kappa shape index (κ1) is 14.9. The molecule has 106 valence electrons. The molecule has 1 aliphatic heterocycles. The van der Waals surface area contributed by atoms with Gasteiger partial charge in [0.2, 0.25) is 0 Å². The Balaban J connectivity index is 2.09. The second kappa shape index (κ2) is 5.88. The largest absolute Gasteiger partial charge is 0.306 e. The summed E-state index contributed by atoms with van der Waals surface area (Å²) in [4.78, 5) is 0. The van der Waals surface area contributed by atoms with Gasteiger partial charge in [0.1, 0.15) is 0 Å². The number of hydrogen-bond acceptors (Lipinski definition) is 2. The molecule has 2 atom stereocenters. The van der Waals surface area contributed by atoms with Gasteiger partial charge in [-0.1, -0.05) is 37.6 Å². The first-order valence-corrected chi connectivity index (χ1v) is 8.46. The molecule has 0 aliphatic carbocycles. The third-order valence-electron chi connectivity index (χ3n) is 4.46. The maximum absolute atomic E-state index is 3.86. The lowest BCUT2D eigenvalue weighted by Gasteiger charge is -2.40. The quantitative estimate of drug-likeness (QED) is 0.874. The standard InChI is InChI=1S/C17H27NS/c1-12-6-7-15(13(2)10-12)14(3)18-16-11-19-9-8-17(16,4)5/h6-7,10,14,16,18H,8-9,11H2,1-5H3. The van der Waals surface area contributed by atoms with E-state index >= 15 is 0 Å². The monoisotopic (exact) mass is 277 g/mol. The molecule has 0 spiro atoms. The van der Waals surface area contributed by atoms with Gasteiger partial charge in [-0.2, -0.15) is 11.8 Å². The van der Waals surface area contributed by atoms with E-state index in [2.05, 4.69) is 69.9 Å². The summed E-state index contributed by atoms with van der Waals surface area (Å²) in [6, 6.07) is 7.84. The molecule has 1 fully saturated rings. The van der Waals surface area contributed by atoms with E-state index in [-0.39, 0.29) is 0 Å². The number of thioether (sulfide) groups is 1. The second-order valence-electron chi connectivity index (χ2n) is 6.61. The van der Waals surface area contributed by atoms with Crippen molar-refractivity contribution >= 4 is 11.8 Å². The van der Waals surface area contributed by atoms with Gasteiger partial charge in [0.25, 0.3) is 0 Å². The predicted octanol–water partition coefficient (Wildman–Crippen LogP) is 4.49. The van der Waals surface area contributed by atoms with Crippen molar-refractivity contribution in [2.24, 2.45) is 5.41 Å². The highest BCUT2D eigenvalue weighted by molar-refractivity contribution is 7.99. The summed E-state index contributed by atoms with van der Waals surface area (Å²) in [6.45, 7) is 11.5. The molecule has 2 unspecified atom stereocenters. The minimum Gasteiger partial charge on any atom is -0.306 e. The van der Waals surface area contributed by atoms with E-state index in [1.54, 1.807) is 0 Å². The molecule has 1 saturated heterocycles. The van der Waals surface area contributed by atoms with Crippen molar-refractivity contribution in [3.8, 4) is 0 Å². The number of nitrogens with one attached hydrogen (secondary N) is 1. The molecule has 19 heavy (non-hydrogen) atoms. The highest BCUT2D eigenvalue weighted by Gasteiger charge is 2.33. The van der Waals surface area contributed by atoms with E-state index in [1.807, 2.05) is 0 Å². The van der Waals surface area contributed by atoms with Crippen LogP contribution < -0.4 is 5.32 Å². The topological polar surface area (TPSA) is 12.0 Å². The third-order valence-corrected chi connectivity index (χ3v) is 5.52. The second-order valence-corrected chi connectivity index (χ2v) is 7.76. The van der Waals surface area contributed by atoms with Gasteiger partial charge in [0, 0.05) is 17.8 Å². The average Bonchev–Trinajstić information content (AvgIpc) is 2.31. The number of aryl methyl sites for hydroxylation is 2. The van der Waals surface area contributed by atoms with E-state index < -0.39 is 0 Å². The van der Waals surface area contributed by atoms with Crippen LogP contribution in [0.1, 0.15) is 49.9 Å². The highest BCUT2D eigenvalue weighted by atomic mass is 32.2. The van der Waals surface area contributed by atoms with Crippen LogP contribution in [0.4, 0.5) is 0 Å². The molecule has 2 rings (SSSR count). The molecule has 1 aliphatic rings. The molecule has 0 amide bonds. The zero-order valence-electron chi connectivity index (χ0n) is 12.9. The fourth-order valence-electron chi connectivity index (χ4n) is 2.91. The third kappa shape index (κ3) is 3.55. The summed E-state index contributed by atoms with van der Waals surface area (Å²) in [5, 5.41) is 3.86. The zero-order valence-corrected chi connectivity index (χ0v) is 13.7. The lowest BCUT2D eigenvalue weighted by Crippen LogP contribution is -2.47. The van der Waals surface area contributed by atoms with Crippen LogP contribution in [0.15, 0.2) is 18.2 Å². The number of hydrogen-bond donors (Lipinski definition) is 1. The van der Waals surface area contributed by atoms with E-state index in [0.29, 0.717) is 17.5 Å². The lowest BCUT2D eigenvalue weighted by molar-refractivity contribution is 0.232. The summed E-state index contributed by atoms with van der Waals surface area (Å²) >= 11 is 2.09. The zero-order chi connectivity index (χ0) is 14.0. The van der Waals surface area contributed by atoms with Crippen molar-refractivity contribution < 1.29 is 0 Å². The van der Waals surface area contributed by atoms with Crippen LogP contribution >= 0.6 is 11.8 Å². The Morgan fingerprint density at radius 2 is 2.05 bits per heavy atom. The molecule has 0 aromatic heterocycles. The van der Waals surface area contributed by atoms with Gasteiger partial charge < -0.3 is 5.32 Å². The van der Waals surface area contributed by atoms with E-state index in [1.165, 1.54) is 34.6 Å². The Hall–Kier alpha value is -0.470. The highest BCUT2D eigenvalue weighted by Crippen LogP contribution is 2.35. The maximum Gasteiger partial charge on any atom is 0.0297 e. The van der Waals surface area contributed by atoms with Crippen molar-refractivity contribution in [3.63, 3.8) is 0 Å². The minimum atomic E-state index is 0.415. The van der Waals surface area contributed by atoms with Crippen LogP contribution in [0.2, 0.25) is 0 Å². The van der Waals surface area contributed by atoms with E-state index in [9.17, 15) is 0 Å². The lowest BCUT2D eigenvalue weighted by atomic mass is 9.81. The molecule has 0 saturated carbocycles. The molecule has 1 heterocycles. The molecule has 2 heteroatoms. The van der Waals surface area contributed by atoms with Gasteiger partial charge in [-0.05, 0) is 49.5 Å². The Labute approximate surface area is 122 Å². The molecule has 1 nitrogen and oxygen atoms in total.